The van der Waals surface area contributed by atoms with E-state index < -0.39 is 0 Å². The predicted molar refractivity (Wildman–Crippen MR) is 82.6 cm³/mol. The van der Waals surface area contributed by atoms with Crippen molar-refractivity contribution < 1.29 is 4.42 Å². The van der Waals surface area contributed by atoms with Crippen molar-refractivity contribution in [2.75, 3.05) is 13.6 Å². The molecule has 0 radical (unpaired) electrons. The first-order valence-electron chi connectivity index (χ1n) is 7.02. The molecule has 0 aliphatic rings. The molecule has 0 amide bonds. The van der Waals surface area contributed by atoms with Crippen LogP contribution in [0, 0.1) is 20.8 Å². The summed E-state index contributed by atoms with van der Waals surface area (Å²) >= 11 is 0. The van der Waals surface area contributed by atoms with E-state index in [1.165, 1.54) is 22.3 Å². The first-order valence-corrected chi connectivity index (χ1v) is 7.02. The third kappa shape index (κ3) is 3.30. The van der Waals surface area contributed by atoms with E-state index in [1.807, 2.05) is 13.0 Å². The topological polar surface area (TPSA) is 42.4 Å². The fraction of sp³-hybridized carbons (Fsp3) is 0.412. The SMILES string of the molecule is Cc1cc(C)cc(C(CN)N(C)Cc2ccoc2C)c1. The van der Waals surface area contributed by atoms with Gasteiger partial charge in [-0.05, 0) is 39.4 Å². The summed E-state index contributed by atoms with van der Waals surface area (Å²) in [6.07, 6.45) is 1.74. The fourth-order valence-corrected chi connectivity index (χ4v) is 2.73. The molecule has 3 heteroatoms. The lowest BCUT2D eigenvalue weighted by molar-refractivity contribution is 0.240. The molecule has 0 saturated carbocycles. The third-order valence-corrected chi connectivity index (χ3v) is 3.77. The van der Waals surface area contributed by atoms with Crippen LogP contribution in [0.1, 0.15) is 34.1 Å². The number of hydrogen-bond acceptors (Lipinski definition) is 3. The van der Waals surface area contributed by atoms with Gasteiger partial charge in [0.25, 0.3) is 0 Å². The monoisotopic (exact) mass is 272 g/mol. The van der Waals surface area contributed by atoms with Gasteiger partial charge in [-0.3, -0.25) is 4.90 Å². The van der Waals surface area contributed by atoms with Crippen LogP contribution in [0.15, 0.2) is 34.9 Å². The van der Waals surface area contributed by atoms with Gasteiger partial charge < -0.3 is 10.2 Å². The summed E-state index contributed by atoms with van der Waals surface area (Å²) in [5, 5.41) is 0. The summed E-state index contributed by atoms with van der Waals surface area (Å²) in [7, 11) is 2.11. The number of rotatable bonds is 5. The van der Waals surface area contributed by atoms with E-state index in [9.17, 15) is 0 Å². The Morgan fingerprint density at radius 1 is 1.15 bits per heavy atom. The summed E-state index contributed by atoms with van der Waals surface area (Å²) < 4.78 is 5.36. The van der Waals surface area contributed by atoms with Crippen molar-refractivity contribution in [3.8, 4) is 0 Å². The average molecular weight is 272 g/mol. The molecule has 1 aromatic heterocycles. The Hall–Kier alpha value is -1.58. The zero-order chi connectivity index (χ0) is 14.7. The van der Waals surface area contributed by atoms with Crippen molar-refractivity contribution in [3.05, 3.63) is 58.5 Å². The van der Waals surface area contributed by atoms with Crippen molar-refractivity contribution in [3.63, 3.8) is 0 Å². The molecule has 1 heterocycles. The maximum atomic E-state index is 6.01. The Morgan fingerprint density at radius 2 is 1.80 bits per heavy atom. The van der Waals surface area contributed by atoms with Crippen LogP contribution in [0.25, 0.3) is 0 Å². The Kier molecular flexibility index (Phi) is 4.63. The highest BCUT2D eigenvalue weighted by Crippen LogP contribution is 2.23. The minimum absolute atomic E-state index is 0.225. The maximum absolute atomic E-state index is 6.01. The Labute approximate surface area is 121 Å². The summed E-state index contributed by atoms with van der Waals surface area (Å²) in [5.74, 6) is 0.980. The molecule has 0 bridgehead atoms. The molecule has 3 nitrogen and oxygen atoms in total. The number of nitrogens with zero attached hydrogens (tertiary/aromatic N) is 1. The number of nitrogens with two attached hydrogens (primary N) is 1. The molecular formula is C17H24N2O. The third-order valence-electron chi connectivity index (χ3n) is 3.77. The standard InChI is InChI=1S/C17H24N2O/c1-12-7-13(2)9-16(8-12)17(10-18)19(4)11-15-5-6-20-14(15)3/h5-9,17H,10-11,18H2,1-4H3. The average Bonchev–Trinajstić information content (AvgIpc) is 2.74. The molecule has 1 unspecified atom stereocenters. The van der Waals surface area contributed by atoms with Gasteiger partial charge in [-0.25, -0.2) is 0 Å². The largest absolute Gasteiger partial charge is 0.469 e. The van der Waals surface area contributed by atoms with Gasteiger partial charge in [0.05, 0.1) is 6.26 Å². The lowest BCUT2D eigenvalue weighted by Gasteiger charge is -2.27. The fourth-order valence-electron chi connectivity index (χ4n) is 2.73. The van der Waals surface area contributed by atoms with Gasteiger partial charge in [-0.15, -0.1) is 0 Å². The van der Waals surface area contributed by atoms with Crippen molar-refractivity contribution in [2.45, 2.75) is 33.4 Å². The first-order chi connectivity index (χ1) is 9.51. The lowest BCUT2D eigenvalue weighted by Crippen LogP contribution is -2.30. The molecule has 20 heavy (non-hydrogen) atoms. The van der Waals surface area contributed by atoms with E-state index in [0.29, 0.717) is 6.54 Å². The van der Waals surface area contributed by atoms with Gasteiger partial charge in [0.2, 0.25) is 0 Å². The van der Waals surface area contributed by atoms with Crippen molar-refractivity contribution in [1.29, 1.82) is 0 Å². The van der Waals surface area contributed by atoms with E-state index in [0.717, 1.165) is 12.3 Å². The second kappa shape index (κ2) is 6.25. The van der Waals surface area contributed by atoms with Crippen molar-refractivity contribution in [2.24, 2.45) is 5.73 Å². The molecule has 0 aliphatic carbocycles. The van der Waals surface area contributed by atoms with Gasteiger partial charge in [0.15, 0.2) is 0 Å². The van der Waals surface area contributed by atoms with Crippen LogP contribution in [0.4, 0.5) is 0 Å². The second-order valence-corrected chi connectivity index (χ2v) is 5.59. The molecule has 2 rings (SSSR count). The number of aryl methyl sites for hydroxylation is 3. The zero-order valence-electron chi connectivity index (χ0n) is 12.8. The molecule has 1 aromatic carbocycles. The van der Waals surface area contributed by atoms with Crippen LogP contribution < -0.4 is 5.73 Å². The number of furan rings is 1. The van der Waals surface area contributed by atoms with Crippen LogP contribution in [0.2, 0.25) is 0 Å². The van der Waals surface area contributed by atoms with Crippen molar-refractivity contribution >= 4 is 0 Å². The Morgan fingerprint density at radius 3 is 2.30 bits per heavy atom. The molecular weight excluding hydrogens is 248 g/mol. The Bertz CT molecular complexity index is 554. The highest BCUT2D eigenvalue weighted by atomic mass is 16.3. The van der Waals surface area contributed by atoms with E-state index in [-0.39, 0.29) is 6.04 Å². The first kappa shape index (κ1) is 14.8. The van der Waals surface area contributed by atoms with Crippen molar-refractivity contribution in [1.82, 2.24) is 4.90 Å². The summed E-state index contributed by atoms with van der Waals surface area (Å²) in [4.78, 5) is 2.28. The van der Waals surface area contributed by atoms with E-state index in [1.54, 1.807) is 6.26 Å². The quantitative estimate of drug-likeness (QED) is 0.907. The lowest BCUT2D eigenvalue weighted by atomic mass is 10.00. The smallest absolute Gasteiger partial charge is 0.105 e. The van der Waals surface area contributed by atoms with Crippen LogP contribution in [-0.4, -0.2) is 18.5 Å². The summed E-state index contributed by atoms with van der Waals surface area (Å²) in [6.45, 7) is 7.71. The molecule has 0 spiro atoms. The zero-order valence-corrected chi connectivity index (χ0v) is 12.8. The molecule has 0 aliphatic heterocycles. The molecule has 108 valence electrons. The molecule has 2 N–H and O–H groups in total. The molecule has 1 atom stereocenters. The van der Waals surface area contributed by atoms with Gasteiger partial charge in [0.1, 0.15) is 5.76 Å². The van der Waals surface area contributed by atoms with Crippen LogP contribution in [0.3, 0.4) is 0 Å². The van der Waals surface area contributed by atoms with Crippen LogP contribution >= 0.6 is 0 Å². The predicted octanol–water partition coefficient (Wildman–Crippen LogP) is 3.34. The molecule has 0 fully saturated rings. The minimum atomic E-state index is 0.225. The Balaban J connectivity index is 2.20. The van der Waals surface area contributed by atoms with Crippen LogP contribution in [0.5, 0.6) is 0 Å². The van der Waals surface area contributed by atoms with E-state index >= 15 is 0 Å². The highest BCUT2D eigenvalue weighted by molar-refractivity contribution is 5.31. The second-order valence-electron chi connectivity index (χ2n) is 5.59. The summed E-state index contributed by atoms with van der Waals surface area (Å²) in [5.41, 5.74) is 11.1. The van der Waals surface area contributed by atoms with Gasteiger partial charge in [-0.2, -0.15) is 0 Å². The van der Waals surface area contributed by atoms with Crippen LogP contribution in [-0.2, 0) is 6.54 Å². The summed E-state index contributed by atoms with van der Waals surface area (Å²) in [6, 6.07) is 8.90. The normalized spacial score (nSPS) is 12.9. The number of hydrogen-bond donors (Lipinski definition) is 1. The van der Waals surface area contributed by atoms with Gasteiger partial charge in [-0.1, -0.05) is 29.3 Å². The minimum Gasteiger partial charge on any atom is -0.469 e. The maximum Gasteiger partial charge on any atom is 0.105 e. The van der Waals surface area contributed by atoms with Gasteiger partial charge >= 0.3 is 0 Å². The molecule has 2 aromatic rings. The molecule has 0 saturated heterocycles. The number of likely N-dealkylation sites (N-methyl/N-ethyl adjacent to an activating group) is 1. The van der Waals surface area contributed by atoms with E-state index in [4.69, 9.17) is 10.2 Å². The number of benzene rings is 1. The van der Waals surface area contributed by atoms with E-state index in [2.05, 4.69) is 44.0 Å². The van der Waals surface area contributed by atoms with Gasteiger partial charge in [0, 0.05) is 24.7 Å². The highest BCUT2D eigenvalue weighted by Gasteiger charge is 2.17.